The van der Waals surface area contributed by atoms with Crippen molar-refractivity contribution in [1.29, 1.82) is 0 Å². The van der Waals surface area contributed by atoms with Crippen molar-refractivity contribution in [3.05, 3.63) is 66.1 Å². The molecule has 0 aliphatic rings. The summed E-state index contributed by atoms with van der Waals surface area (Å²) in [7, 11) is 1.62. The van der Waals surface area contributed by atoms with E-state index in [1.165, 1.54) is 6.26 Å². The Morgan fingerprint density at radius 1 is 1.43 bits per heavy atom. The standard InChI is InChI=1S/C17H19NO3/c1-4-9-18(17(19)16-13(2)8-10-21-16)12-14-6-5-7-15(11-14)20-3/h4-8,10-11H,1,9,12H2,2-3H3. The summed E-state index contributed by atoms with van der Waals surface area (Å²) < 4.78 is 10.5. The number of ether oxygens (including phenoxy) is 1. The summed E-state index contributed by atoms with van der Waals surface area (Å²) in [5, 5.41) is 0. The summed E-state index contributed by atoms with van der Waals surface area (Å²) >= 11 is 0. The van der Waals surface area contributed by atoms with Crippen molar-refractivity contribution in [3.8, 4) is 5.75 Å². The molecule has 0 aliphatic carbocycles. The number of nitrogens with zero attached hydrogens (tertiary/aromatic N) is 1. The van der Waals surface area contributed by atoms with Gasteiger partial charge in [0.05, 0.1) is 13.4 Å². The first-order chi connectivity index (χ1) is 10.2. The zero-order valence-corrected chi connectivity index (χ0v) is 12.3. The van der Waals surface area contributed by atoms with Gasteiger partial charge in [-0.1, -0.05) is 18.2 Å². The lowest BCUT2D eigenvalue weighted by molar-refractivity contribution is 0.0729. The molecular formula is C17H19NO3. The van der Waals surface area contributed by atoms with E-state index in [9.17, 15) is 4.79 Å². The summed E-state index contributed by atoms with van der Waals surface area (Å²) in [6, 6.07) is 9.44. The maximum Gasteiger partial charge on any atom is 0.290 e. The molecule has 2 aromatic rings. The third kappa shape index (κ3) is 3.54. The molecule has 0 spiro atoms. The molecule has 0 saturated heterocycles. The fraction of sp³-hybridized carbons (Fsp3) is 0.235. The van der Waals surface area contributed by atoms with E-state index in [1.807, 2.05) is 31.2 Å². The number of amides is 1. The van der Waals surface area contributed by atoms with Gasteiger partial charge >= 0.3 is 0 Å². The zero-order valence-electron chi connectivity index (χ0n) is 12.3. The Hall–Kier alpha value is -2.49. The van der Waals surface area contributed by atoms with Crippen LogP contribution in [0.2, 0.25) is 0 Å². The van der Waals surface area contributed by atoms with Crippen LogP contribution < -0.4 is 4.74 Å². The van der Waals surface area contributed by atoms with Crippen molar-refractivity contribution in [2.45, 2.75) is 13.5 Å². The molecule has 1 aromatic heterocycles. The molecule has 1 aromatic carbocycles. The van der Waals surface area contributed by atoms with Gasteiger partial charge < -0.3 is 14.1 Å². The molecule has 2 rings (SSSR count). The smallest absolute Gasteiger partial charge is 0.290 e. The average molecular weight is 285 g/mol. The first-order valence-corrected chi connectivity index (χ1v) is 6.73. The van der Waals surface area contributed by atoms with Crippen molar-refractivity contribution in [1.82, 2.24) is 4.90 Å². The van der Waals surface area contributed by atoms with Crippen LogP contribution in [0, 0.1) is 6.92 Å². The summed E-state index contributed by atoms with van der Waals surface area (Å²) in [5.74, 6) is 1.01. The largest absolute Gasteiger partial charge is 0.497 e. The first kappa shape index (κ1) is 14.9. The minimum atomic E-state index is -0.139. The van der Waals surface area contributed by atoms with Gasteiger partial charge in [-0.15, -0.1) is 6.58 Å². The van der Waals surface area contributed by atoms with Gasteiger partial charge in [-0.2, -0.15) is 0 Å². The van der Waals surface area contributed by atoms with Crippen LogP contribution in [0.3, 0.4) is 0 Å². The van der Waals surface area contributed by atoms with E-state index < -0.39 is 0 Å². The third-order valence-corrected chi connectivity index (χ3v) is 3.20. The highest BCUT2D eigenvalue weighted by Crippen LogP contribution is 2.17. The highest BCUT2D eigenvalue weighted by molar-refractivity contribution is 5.92. The number of hydrogen-bond donors (Lipinski definition) is 0. The van der Waals surface area contributed by atoms with E-state index in [0.717, 1.165) is 16.9 Å². The molecule has 0 N–H and O–H groups in total. The zero-order chi connectivity index (χ0) is 15.2. The third-order valence-electron chi connectivity index (χ3n) is 3.20. The second kappa shape index (κ2) is 6.79. The van der Waals surface area contributed by atoms with Crippen molar-refractivity contribution in [3.63, 3.8) is 0 Å². The molecule has 4 heteroatoms. The van der Waals surface area contributed by atoms with Crippen molar-refractivity contribution >= 4 is 5.91 Å². The van der Waals surface area contributed by atoms with E-state index in [-0.39, 0.29) is 5.91 Å². The van der Waals surface area contributed by atoms with E-state index in [4.69, 9.17) is 9.15 Å². The monoisotopic (exact) mass is 285 g/mol. The molecule has 0 fully saturated rings. The molecular weight excluding hydrogens is 266 g/mol. The predicted octanol–water partition coefficient (Wildman–Crippen LogP) is 3.43. The Labute approximate surface area is 124 Å². The minimum absolute atomic E-state index is 0.139. The van der Waals surface area contributed by atoms with Crippen molar-refractivity contribution < 1.29 is 13.9 Å². The molecule has 4 nitrogen and oxygen atoms in total. The summed E-state index contributed by atoms with van der Waals surface area (Å²) in [5.41, 5.74) is 1.83. The number of hydrogen-bond acceptors (Lipinski definition) is 3. The lowest BCUT2D eigenvalue weighted by atomic mass is 10.2. The Bertz CT molecular complexity index is 630. The average Bonchev–Trinajstić information content (AvgIpc) is 2.92. The van der Waals surface area contributed by atoms with Gasteiger partial charge in [0.1, 0.15) is 5.75 Å². The van der Waals surface area contributed by atoms with Gasteiger partial charge in [-0.3, -0.25) is 4.79 Å². The highest BCUT2D eigenvalue weighted by Gasteiger charge is 2.20. The van der Waals surface area contributed by atoms with Gasteiger partial charge in [0, 0.05) is 18.7 Å². The van der Waals surface area contributed by atoms with Crippen molar-refractivity contribution in [2.75, 3.05) is 13.7 Å². The second-order valence-electron chi connectivity index (χ2n) is 4.76. The number of rotatable bonds is 6. The molecule has 21 heavy (non-hydrogen) atoms. The number of methoxy groups -OCH3 is 1. The fourth-order valence-electron chi connectivity index (χ4n) is 2.10. The van der Waals surface area contributed by atoms with Crippen LogP contribution in [-0.4, -0.2) is 24.5 Å². The normalized spacial score (nSPS) is 10.2. The number of carbonyl (C=O) groups excluding carboxylic acids is 1. The Balaban J connectivity index is 2.20. The van der Waals surface area contributed by atoms with Gasteiger partial charge in [0.25, 0.3) is 5.91 Å². The predicted molar refractivity (Wildman–Crippen MR) is 81.4 cm³/mol. The summed E-state index contributed by atoms with van der Waals surface area (Å²) in [4.78, 5) is 14.2. The quantitative estimate of drug-likeness (QED) is 0.764. The highest BCUT2D eigenvalue weighted by atomic mass is 16.5. The number of furan rings is 1. The van der Waals surface area contributed by atoms with Gasteiger partial charge in [0.15, 0.2) is 5.76 Å². The van der Waals surface area contributed by atoms with E-state index in [0.29, 0.717) is 18.8 Å². The molecule has 1 heterocycles. The molecule has 0 bridgehead atoms. The van der Waals surface area contributed by atoms with Crippen LogP contribution in [0.25, 0.3) is 0 Å². The molecule has 0 radical (unpaired) electrons. The van der Waals surface area contributed by atoms with Crippen LogP contribution in [0.4, 0.5) is 0 Å². The number of aryl methyl sites for hydroxylation is 1. The van der Waals surface area contributed by atoms with E-state index in [2.05, 4.69) is 6.58 Å². The second-order valence-corrected chi connectivity index (χ2v) is 4.76. The van der Waals surface area contributed by atoms with E-state index >= 15 is 0 Å². The molecule has 1 amide bonds. The summed E-state index contributed by atoms with van der Waals surface area (Å²) in [6.07, 6.45) is 3.23. The minimum Gasteiger partial charge on any atom is -0.497 e. The fourth-order valence-corrected chi connectivity index (χ4v) is 2.10. The molecule has 110 valence electrons. The Kier molecular flexibility index (Phi) is 4.82. The van der Waals surface area contributed by atoms with Crippen LogP contribution in [0.5, 0.6) is 5.75 Å². The first-order valence-electron chi connectivity index (χ1n) is 6.73. The molecule has 0 unspecified atom stereocenters. The van der Waals surface area contributed by atoms with Gasteiger partial charge in [0.2, 0.25) is 0 Å². The maximum atomic E-state index is 12.5. The molecule has 0 atom stereocenters. The van der Waals surface area contributed by atoms with Gasteiger partial charge in [-0.05, 0) is 30.7 Å². The summed E-state index contributed by atoms with van der Waals surface area (Å²) in [6.45, 7) is 6.50. The SMILES string of the molecule is C=CCN(Cc1cccc(OC)c1)C(=O)c1occc1C. The van der Waals surface area contributed by atoms with Crippen LogP contribution in [0.15, 0.2) is 53.7 Å². The lowest BCUT2D eigenvalue weighted by Gasteiger charge is -2.20. The van der Waals surface area contributed by atoms with E-state index in [1.54, 1.807) is 24.2 Å². The Morgan fingerprint density at radius 3 is 2.86 bits per heavy atom. The lowest BCUT2D eigenvalue weighted by Crippen LogP contribution is -2.30. The topological polar surface area (TPSA) is 42.7 Å². The molecule has 0 aliphatic heterocycles. The van der Waals surface area contributed by atoms with Crippen LogP contribution in [0.1, 0.15) is 21.7 Å². The number of carbonyl (C=O) groups is 1. The molecule has 0 saturated carbocycles. The Morgan fingerprint density at radius 2 is 2.24 bits per heavy atom. The maximum absolute atomic E-state index is 12.5. The van der Waals surface area contributed by atoms with Crippen molar-refractivity contribution in [2.24, 2.45) is 0 Å². The van der Waals surface area contributed by atoms with Gasteiger partial charge in [-0.25, -0.2) is 0 Å². The van der Waals surface area contributed by atoms with Crippen LogP contribution >= 0.6 is 0 Å². The van der Waals surface area contributed by atoms with Crippen LogP contribution in [-0.2, 0) is 6.54 Å². The number of benzene rings is 1.